The molecule has 0 saturated heterocycles. The lowest BCUT2D eigenvalue weighted by molar-refractivity contribution is -0.135. The van der Waals surface area contributed by atoms with Crippen molar-refractivity contribution in [3.05, 3.63) is 101 Å². The van der Waals surface area contributed by atoms with E-state index in [9.17, 15) is 22.8 Å². The molecule has 204 valence electrons. The molecule has 0 atom stereocenters. The third-order valence-corrected chi connectivity index (χ3v) is 6.43. The Kier molecular flexibility index (Phi) is 8.59. The maximum absolute atomic E-state index is 12.9. The summed E-state index contributed by atoms with van der Waals surface area (Å²) in [5.41, 5.74) is 4.20. The number of esters is 1. The van der Waals surface area contributed by atoms with Gasteiger partial charge in [0.25, 0.3) is 5.91 Å². The standard InChI is InChI=1S/C30H29F3N2O4/c1-35(14-6-13-30(31,32)33)28(36)22-11-12-26-25(16-22)24(18-34-26)15-21-9-10-23(17-27(21)38-2)29(37)39-19-20-7-4-3-5-8-20/h3-5,7-12,16-18,34H,6,13-15,19H2,1-2H3. The van der Waals surface area contributed by atoms with Gasteiger partial charge in [-0.1, -0.05) is 36.4 Å². The first-order valence-electron chi connectivity index (χ1n) is 12.4. The van der Waals surface area contributed by atoms with Crippen molar-refractivity contribution in [3.8, 4) is 5.75 Å². The molecule has 0 saturated carbocycles. The molecule has 1 aromatic heterocycles. The fourth-order valence-corrected chi connectivity index (χ4v) is 4.33. The van der Waals surface area contributed by atoms with Crippen molar-refractivity contribution >= 4 is 22.8 Å². The highest BCUT2D eigenvalue weighted by Gasteiger charge is 2.26. The number of halogens is 3. The summed E-state index contributed by atoms with van der Waals surface area (Å²) in [5.74, 6) is -0.282. The molecule has 4 rings (SSSR count). The molecule has 1 N–H and O–H groups in total. The minimum Gasteiger partial charge on any atom is -0.496 e. The van der Waals surface area contributed by atoms with Gasteiger partial charge in [0.05, 0.1) is 12.7 Å². The number of rotatable bonds is 10. The highest BCUT2D eigenvalue weighted by Crippen LogP contribution is 2.28. The predicted molar refractivity (Wildman–Crippen MR) is 142 cm³/mol. The third-order valence-electron chi connectivity index (χ3n) is 6.43. The fraction of sp³-hybridized carbons (Fsp3) is 0.267. The van der Waals surface area contributed by atoms with E-state index in [4.69, 9.17) is 9.47 Å². The summed E-state index contributed by atoms with van der Waals surface area (Å²) >= 11 is 0. The van der Waals surface area contributed by atoms with Crippen molar-refractivity contribution in [2.45, 2.75) is 32.0 Å². The van der Waals surface area contributed by atoms with Crippen LogP contribution in [0.3, 0.4) is 0 Å². The number of carbonyl (C=O) groups is 2. The van der Waals surface area contributed by atoms with E-state index in [1.165, 1.54) is 19.1 Å². The molecule has 0 bridgehead atoms. The van der Waals surface area contributed by atoms with E-state index < -0.39 is 18.6 Å². The molecule has 0 aliphatic heterocycles. The third kappa shape index (κ3) is 7.19. The molecule has 39 heavy (non-hydrogen) atoms. The average Bonchev–Trinajstić information content (AvgIpc) is 3.33. The van der Waals surface area contributed by atoms with Crippen LogP contribution in [-0.4, -0.2) is 48.6 Å². The van der Waals surface area contributed by atoms with E-state index >= 15 is 0 Å². The van der Waals surface area contributed by atoms with E-state index in [0.29, 0.717) is 23.3 Å². The molecule has 0 aliphatic carbocycles. The van der Waals surface area contributed by atoms with Crippen LogP contribution in [-0.2, 0) is 17.8 Å². The van der Waals surface area contributed by atoms with Gasteiger partial charge in [-0.3, -0.25) is 4.79 Å². The first-order chi connectivity index (χ1) is 18.6. The van der Waals surface area contributed by atoms with E-state index in [-0.39, 0.29) is 25.5 Å². The molecule has 0 aliphatic rings. The Balaban J connectivity index is 1.47. The number of amides is 1. The smallest absolute Gasteiger partial charge is 0.389 e. The number of carbonyl (C=O) groups excluding carboxylic acids is 2. The molecule has 9 heteroatoms. The second-order valence-electron chi connectivity index (χ2n) is 9.28. The van der Waals surface area contributed by atoms with Crippen LogP contribution in [0.25, 0.3) is 10.9 Å². The molecule has 6 nitrogen and oxygen atoms in total. The first kappa shape index (κ1) is 27.8. The Morgan fingerprint density at radius 3 is 2.41 bits per heavy atom. The quantitative estimate of drug-likeness (QED) is 0.233. The Labute approximate surface area is 224 Å². The van der Waals surface area contributed by atoms with Crippen LogP contribution in [0.4, 0.5) is 13.2 Å². The number of aromatic nitrogens is 1. The van der Waals surface area contributed by atoms with Crippen LogP contribution < -0.4 is 4.74 Å². The minimum absolute atomic E-state index is 0.00764. The van der Waals surface area contributed by atoms with Gasteiger partial charge in [0.1, 0.15) is 12.4 Å². The van der Waals surface area contributed by atoms with Gasteiger partial charge in [-0.05, 0) is 53.4 Å². The van der Waals surface area contributed by atoms with Crippen LogP contribution in [0.2, 0.25) is 0 Å². The van der Waals surface area contributed by atoms with Gasteiger partial charge in [0.2, 0.25) is 0 Å². The summed E-state index contributed by atoms with van der Waals surface area (Å²) in [7, 11) is 3.02. The summed E-state index contributed by atoms with van der Waals surface area (Å²) in [5, 5.41) is 0.818. The van der Waals surface area contributed by atoms with Crippen molar-refractivity contribution in [1.29, 1.82) is 0 Å². The number of alkyl halides is 3. The molecule has 0 fully saturated rings. The largest absolute Gasteiger partial charge is 0.496 e. The molecule has 4 aromatic rings. The molecular weight excluding hydrogens is 509 g/mol. The van der Waals surface area contributed by atoms with Crippen LogP contribution >= 0.6 is 0 Å². The summed E-state index contributed by atoms with van der Waals surface area (Å²) in [6.45, 7) is 0.172. The van der Waals surface area contributed by atoms with Gasteiger partial charge < -0.3 is 19.4 Å². The lowest BCUT2D eigenvalue weighted by atomic mass is 10.0. The van der Waals surface area contributed by atoms with Gasteiger partial charge in [-0.2, -0.15) is 13.2 Å². The van der Waals surface area contributed by atoms with Crippen LogP contribution in [0, 0.1) is 0 Å². The first-order valence-corrected chi connectivity index (χ1v) is 12.4. The number of methoxy groups -OCH3 is 1. The number of nitrogens with zero attached hydrogens (tertiary/aromatic N) is 1. The second-order valence-corrected chi connectivity index (χ2v) is 9.28. The lowest BCUT2D eigenvalue weighted by Gasteiger charge is -2.18. The zero-order chi connectivity index (χ0) is 28.0. The summed E-state index contributed by atoms with van der Waals surface area (Å²) in [6, 6.07) is 19.7. The number of fused-ring (bicyclic) bond motifs is 1. The number of hydrogen-bond donors (Lipinski definition) is 1. The summed E-state index contributed by atoms with van der Waals surface area (Å²) in [6.07, 6.45) is -3.03. The number of H-pyrrole nitrogens is 1. The zero-order valence-electron chi connectivity index (χ0n) is 21.7. The molecule has 0 spiro atoms. The van der Waals surface area contributed by atoms with Crippen LogP contribution in [0.1, 0.15) is 50.2 Å². The van der Waals surface area contributed by atoms with Crippen molar-refractivity contribution in [1.82, 2.24) is 9.88 Å². The van der Waals surface area contributed by atoms with Crippen molar-refractivity contribution in [3.63, 3.8) is 0 Å². The maximum Gasteiger partial charge on any atom is 0.389 e. The van der Waals surface area contributed by atoms with Crippen molar-refractivity contribution in [2.75, 3.05) is 20.7 Å². The number of hydrogen-bond acceptors (Lipinski definition) is 4. The van der Waals surface area contributed by atoms with E-state index in [1.807, 2.05) is 36.5 Å². The molecule has 1 amide bonds. The predicted octanol–water partition coefficient (Wildman–Crippen LogP) is 6.54. The van der Waals surface area contributed by atoms with Crippen molar-refractivity contribution in [2.24, 2.45) is 0 Å². The second kappa shape index (κ2) is 12.1. The fourth-order valence-electron chi connectivity index (χ4n) is 4.33. The Bertz CT molecular complexity index is 1450. The average molecular weight is 539 g/mol. The minimum atomic E-state index is -4.25. The summed E-state index contributed by atoms with van der Waals surface area (Å²) < 4.78 is 48.4. The number of benzene rings is 3. The van der Waals surface area contributed by atoms with Gasteiger partial charge in [0, 0.05) is 49.1 Å². The van der Waals surface area contributed by atoms with Gasteiger partial charge in [0.15, 0.2) is 0 Å². The van der Waals surface area contributed by atoms with Crippen LogP contribution in [0.15, 0.2) is 72.9 Å². The highest BCUT2D eigenvalue weighted by molar-refractivity contribution is 5.98. The monoisotopic (exact) mass is 538 g/mol. The van der Waals surface area contributed by atoms with E-state index in [1.54, 1.807) is 36.4 Å². The number of ether oxygens (including phenoxy) is 2. The lowest BCUT2D eigenvalue weighted by Crippen LogP contribution is -2.28. The molecule has 0 unspecified atom stereocenters. The zero-order valence-corrected chi connectivity index (χ0v) is 21.7. The normalized spacial score (nSPS) is 11.4. The molecular formula is C30H29F3N2O4. The van der Waals surface area contributed by atoms with E-state index in [2.05, 4.69) is 4.98 Å². The summed E-state index contributed by atoms with van der Waals surface area (Å²) in [4.78, 5) is 29.9. The maximum atomic E-state index is 12.9. The Morgan fingerprint density at radius 2 is 1.69 bits per heavy atom. The number of aromatic amines is 1. The molecule has 0 radical (unpaired) electrons. The van der Waals surface area contributed by atoms with E-state index in [0.717, 1.165) is 27.6 Å². The SMILES string of the molecule is COc1cc(C(=O)OCc2ccccc2)ccc1Cc1c[nH]c2ccc(C(=O)N(C)CCCC(F)(F)F)cc12. The molecule has 1 heterocycles. The molecule has 3 aromatic carbocycles. The Morgan fingerprint density at radius 1 is 0.949 bits per heavy atom. The van der Waals surface area contributed by atoms with Gasteiger partial charge in [-0.25, -0.2) is 4.79 Å². The van der Waals surface area contributed by atoms with Gasteiger partial charge in [-0.15, -0.1) is 0 Å². The van der Waals surface area contributed by atoms with Gasteiger partial charge >= 0.3 is 12.1 Å². The Hall–Kier alpha value is -4.27. The highest BCUT2D eigenvalue weighted by atomic mass is 19.4. The van der Waals surface area contributed by atoms with Crippen molar-refractivity contribution < 1.29 is 32.2 Å². The number of nitrogens with one attached hydrogen (secondary N) is 1. The topological polar surface area (TPSA) is 71.6 Å². The van der Waals surface area contributed by atoms with Crippen LogP contribution in [0.5, 0.6) is 5.75 Å².